The van der Waals surface area contributed by atoms with E-state index in [1.165, 1.54) is 0 Å². The molecule has 10 nitrogen and oxygen atoms in total. The minimum Gasteiger partial charge on any atom is -0.473 e. The van der Waals surface area contributed by atoms with Gasteiger partial charge in [-0.15, -0.1) is 0 Å². The van der Waals surface area contributed by atoms with Gasteiger partial charge >= 0.3 is 0 Å². The zero-order chi connectivity index (χ0) is 23.6. The van der Waals surface area contributed by atoms with Crippen molar-refractivity contribution in [1.82, 2.24) is 19.3 Å². The second-order valence-corrected chi connectivity index (χ2v) is 9.80. The van der Waals surface area contributed by atoms with E-state index in [1.54, 1.807) is 12.4 Å². The van der Waals surface area contributed by atoms with E-state index in [2.05, 4.69) is 21.0 Å². The van der Waals surface area contributed by atoms with Crippen molar-refractivity contribution >= 4 is 21.2 Å². The normalized spacial score (nSPS) is 17.6. The van der Waals surface area contributed by atoms with E-state index >= 15 is 0 Å². The average Bonchev–Trinajstić information content (AvgIpc) is 2.82. The molecule has 1 saturated heterocycles. The van der Waals surface area contributed by atoms with Crippen molar-refractivity contribution in [2.75, 3.05) is 26.3 Å². The number of pyridine rings is 1. The smallest absolute Gasteiger partial charge is 0.277 e. The second kappa shape index (κ2) is 8.99. The summed E-state index contributed by atoms with van der Waals surface area (Å²) in [5.41, 5.74) is 2.87. The molecule has 11 heteroatoms. The van der Waals surface area contributed by atoms with Gasteiger partial charge in [-0.2, -0.15) is 18.0 Å². The highest BCUT2D eigenvalue weighted by atomic mass is 32.2. The Balaban J connectivity index is 1.61. The molecule has 172 valence electrons. The fourth-order valence-corrected chi connectivity index (χ4v) is 4.21. The molecule has 1 fully saturated rings. The monoisotopic (exact) mass is 468 g/mol. The van der Waals surface area contributed by atoms with Crippen LogP contribution >= 0.6 is 0 Å². The van der Waals surface area contributed by atoms with Crippen molar-refractivity contribution in [2.45, 2.75) is 25.4 Å². The van der Waals surface area contributed by atoms with Crippen LogP contribution in [0.5, 0.6) is 5.88 Å². The predicted octanol–water partition coefficient (Wildman–Crippen LogP) is 1.78. The molecule has 1 aromatic carbocycles. The number of hydrogen-bond acceptors (Lipinski definition) is 8. The Morgan fingerprint density at radius 2 is 2.00 bits per heavy atom. The molecule has 0 amide bonds. The molecule has 0 bridgehead atoms. The molecule has 0 spiro atoms. The quantitative estimate of drug-likeness (QED) is 0.576. The van der Waals surface area contributed by atoms with Crippen LogP contribution in [0.1, 0.15) is 19.4 Å². The minimum absolute atomic E-state index is 0.0729. The number of ether oxygens (including phenoxy) is 2. The Labute approximate surface area is 192 Å². The average molecular weight is 469 g/mol. The van der Waals surface area contributed by atoms with Crippen molar-refractivity contribution in [3.63, 3.8) is 0 Å². The molecule has 3 heterocycles. The zero-order valence-corrected chi connectivity index (χ0v) is 19.1. The fourth-order valence-electron chi connectivity index (χ4n) is 3.51. The van der Waals surface area contributed by atoms with Crippen molar-refractivity contribution in [3.8, 4) is 23.2 Å². The van der Waals surface area contributed by atoms with Crippen LogP contribution in [0.3, 0.4) is 0 Å². The lowest BCUT2D eigenvalue weighted by Crippen LogP contribution is -2.49. The van der Waals surface area contributed by atoms with Gasteiger partial charge in [0.25, 0.3) is 10.2 Å². The standard InChI is InChI=1S/C22H24N6O4S/c1-22(2,14-23)16-5-3-15(4-6-16)18-11-19-20(26-8-7-25-19)21(27-18)32-13-17-12-28(9-10-31-17)33(24,29)30/h3-8,11,17H,9-10,12-13H2,1-2H3,(H2,24,29,30). The SMILES string of the molecule is CC(C)(C#N)c1ccc(-c2cc3nccnc3c(OCC3CN(S(N)(=O)=O)CCO3)n2)cc1. The molecule has 0 aliphatic carbocycles. The topological polar surface area (TPSA) is 144 Å². The Kier molecular flexibility index (Phi) is 6.27. The van der Waals surface area contributed by atoms with E-state index < -0.39 is 21.7 Å². The summed E-state index contributed by atoms with van der Waals surface area (Å²) in [7, 11) is -3.80. The maximum absolute atomic E-state index is 11.6. The third-order valence-corrected chi connectivity index (χ3v) is 6.53. The number of rotatable bonds is 6. The summed E-state index contributed by atoms with van der Waals surface area (Å²) in [6.07, 6.45) is 2.64. The maximum atomic E-state index is 11.6. The summed E-state index contributed by atoms with van der Waals surface area (Å²) in [6, 6.07) is 11.7. The molecule has 1 aliphatic heterocycles. The van der Waals surface area contributed by atoms with Gasteiger partial charge in [-0.3, -0.25) is 4.98 Å². The van der Waals surface area contributed by atoms with Crippen LogP contribution in [0.2, 0.25) is 0 Å². The first-order valence-corrected chi connectivity index (χ1v) is 11.8. The fraction of sp³-hybridized carbons (Fsp3) is 0.364. The number of nitrogens with two attached hydrogens (primary N) is 1. The summed E-state index contributed by atoms with van der Waals surface area (Å²) in [6.45, 7) is 4.33. The van der Waals surface area contributed by atoms with E-state index in [4.69, 9.17) is 14.6 Å². The molecule has 33 heavy (non-hydrogen) atoms. The van der Waals surface area contributed by atoms with Gasteiger partial charge in [0.2, 0.25) is 5.88 Å². The molecule has 0 radical (unpaired) electrons. The lowest BCUT2D eigenvalue weighted by molar-refractivity contribution is -0.0254. The highest BCUT2D eigenvalue weighted by Gasteiger charge is 2.28. The van der Waals surface area contributed by atoms with Crippen LogP contribution in [0, 0.1) is 11.3 Å². The van der Waals surface area contributed by atoms with E-state index in [-0.39, 0.29) is 32.2 Å². The third-order valence-electron chi connectivity index (χ3n) is 5.47. The number of nitrogens with zero attached hydrogens (tertiary/aromatic N) is 5. The number of hydrogen-bond donors (Lipinski definition) is 1. The molecule has 1 unspecified atom stereocenters. The number of fused-ring (bicyclic) bond motifs is 1. The van der Waals surface area contributed by atoms with E-state index in [0.29, 0.717) is 16.7 Å². The first-order valence-electron chi connectivity index (χ1n) is 10.3. The van der Waals surface area contributed by atoms with Crippen molar-refractivity contribution in [2.24, 2.45) is 5.14 Å². The lowest BCUT2D eigenvalue weighted by Gasteiger charge is -2.30. The van der Waals surface area contributed by atoms with Gasteiger partial charge in [0.05, 0.1) is 29.3 Å². The summed E-state index contributed by atoms with van der Waals surface area (Å²) in [5, 5.41) is 14.6. The van der Waals surface area contributed by atoms with Crippen molar-refractivity contribution in [3.05, 3.63) is 48.3 Å². The number of morpholine rings is 1. The van der Waals surface area contributed by atoms with Crippen LogP contribution in [0.15, 0.2) is 42.7 Å². The molecule has 1 atom stereocenters. The third kappa shape index (κ3) is 5.09. The molecular weight excluding hydrogens is 444 g/mol. The summed E-state index contributed by atoms with van der Waals surface area (Å²) >= 11 is 0. The van der Waals surface area contributed by atoms with Gasteiger partial charge < -0.3 is 9.47 Å². The van der Waals surface area contributed by atoms with Crippen molar-refractivity contribution in [1.29, 1.82) is 5.26 Å². The number of nitriles is 1. The molecule has 2 aromatic heterocycles. The Morgan fingerprint density at radius 1 is 1.27 bits per heavy atom. The largest absolute Gasteiger partial charge is 0.473 e. The van der Waals surface area contributed by atoms with Gasteiger partial charge in [-0.25, -0.2) is 15.1 Å². The van der Waals surface area contributed by atoms with Gasteiger partial charge in [0.15, 0.2) is 5.52 Å². The Morgan fingerprint density at radius 3 is 2.70 bits per heavy atom. The van der Waals surface area contributed by atoms with Crippen LogP contribution < -0.4 is 9.88 Å². The Bertz CT molecular complexity index is 1300. The molecular formula is C22H24N6O4S. The van der Waals surface area contributed by atoms with Crippen LogP contribution in [-0.2, 0) is 20.4 Å². The molecule has 2 N–H and O–H groups in total. The molecule has 0 saturated carbocycles. The van der Waals surface area contributed by atoms with E-state index in [9.17, 15) is 13.7 Å². The first kappa shape index (κ1) is 23.0. The van der Waals surface area contributed by atoms with E-state index in [0.717, 1.165) is 15.4 Å². The summed E-state index contributed by atoms with van der Waals surface area (Å²) in [4.78, 5) is 13.3. The van der Waals surface area contributed by atoms with Gasteiger partial charge in [0.1, 0.15) is 12.7 Å². The minimum atomic E-state index is -3.80. The van der Waals surface area contributed by atoms with Gasteiger partial charge in [0, 0.05) is 31.0 Å². The van der Waals surface area contributed by atoms with Crippen molar-refractivity contribution < 1.29 is 17.9 Å². The van der Waals surface area contributed by atoms with Crippen LogP contribution in [0.25, 0.3) is 22.3 Å². The zero-order valence-electron chi connectivity index (χ0n) is 18.3. The van der Waals surface area contributed by atoms with Gasteiger partial charge in [-0.05, 0) is 25.5 Å². The number of benzene rings is 1. The summed E-state index contributed by atoms with van der Waals surface area (Å²) < 4.78 is 36.0. The predicted molar refractivity (Wildman–Crippen MR) is 121 cm³/mol. The van der Waals surface area contributed by atoms with Crippen LogP contribution in [0.4, 0.5) is 0 Å². The van der Waals surface area contributed by atoms with Gasteiger partial charge in [-0.1, -0.05) is 24.3 Å². The summed E-state index contributed by atoms with van der Waals surface area (Å²) in [5.74, 6) is 0.272. The Hall–Kier alpha value is -3.17. The maximum Gasteiger partial charge on any atom is 0.277 e. The lowest BCUT2D eigenvalue weighted by atomic mass is 9.86. The highest BCUT2D eigenvalue weighted by molar-refractivity contribution is 7.86. The van der Waals surface area contributed by atoms with Crippen LogP contribution in [-0.4, -0.2) is 60.1 Å². The molecule has 4 rings (SSSR count). The second-order valence-electron chi connectivity index (χ2n) is 8.26. The highest BCUT2D eigenvalue weighted by Crippen LogP contribution is 2.29. The first-order chi connectivity index (χ1) is 15.7. The number of aromatic nitrogens is 3. The molecule has 1 aliphatic rings. The van der Waals surface area contributed by atoms with E-state index in [1.807, 2.05) is 44.2 Å². The molecule has 3 aromatic rings.